The lowest BCUT2D eigenvalue weighted by molar-refractivity contribution is 0.631. The molecule has 0 aliphatic rings. The van der Waals surface area contributed by atoms with Gasteiger partial charge in [0.1, 0.15) is 11.0 Å². The van der Waals surface area contributed by atoms with Crippen LogP contribution in [0, 0.1) is 5.82 Å². The topological polar surface area (TPSA) is 41.6 Å². The normalized spacial score (nSPS) is 10.7. The highest BCUT2D eigenvalue weighted by Crippen LogP contribution is 2.18. The van der Waals surface area contributed by atoms with Crippen LogP contribution < -0.4 is 0 Å². The summed E-state index contributed by atoms with van der Waals surface area (Å²) in [6, 6.07) is 0. The van der Waals surface area contributed by atoms with Gasteiger partial charge >= 0.3 is 0 Å². The van der Waals surface area contributed by atoms with E-state index in [0.29, 0.717) is 11.0 Å². The molecule has 0 radical (unpaired) electrons. The molecule has 0 aliphatic carbocycles. The summed E-state index contributed by atoms with van der Waals surface area (Å²) in [5.74, 6) is -0.443. The van der Waals surface area contributed by atoms with Crippen molar-refractivity contribution in [2.24, 2.45) is 0 Å². The van der Waals surface area contributed by atoms with Crippen molar-refractivity contribution in [3.63, 3.8) is 0 Å². The summed E-state index contributed by atoms with van der Waals surface area (Å²) in [4.78, 5) is 9.99. The molecule has 2 aromatic rings. The van der Waals surface area contributed by atoms with Gasteiger partial charge in [-0.2, -0.15) is 0 Å². The SMILES string of the molecule is Fc1cnc(Cl)c2nc[nH]c12. The molecule has 56 valence electrons. The first kappa shape index (κ1) is 6.54. The van der Waals surface area contributed by atoms with Crippen molar-refractivity contribution >= 4 is 22.6 Å². The number of rotatable bonds is 0. The van der Waals surface area contributed by atoms with E-state index >= 15 is 0 Å². The predicted molar refractivity (Wildman–Crippen MR) is 38.9 cm³/mol. The number of halogens is 2. The Morgan fingerprint density at radius 3 is 3.00 bits per heavy atom. The monoisotopic (exact) mass is 171 g/mol. The number of imidazole rings is 1. The van der Waals surface area contributed by atoms with Gasteiger partial charge < -0.3 is 4.98 Å². The first-order valence-electron chi connectivity index (χ1n) is 2.92. The first-order valence-corrected chi connectivity index (χ1v) is 3.30. The highest BCUT2D eigenvalue weighted by Gasteiger charge is 2.06. The van der Waals surface area contributed by atoms with E-state index in [1.165, 1.54) is 6.33 Å². The zero-order chi connectivity index (χ0) is 7.84. The summed E-state index contributed by atoms with van der Waals surface area (Å²) in [6.07, 6.45) is 2.43. The molecule has 0 fully saturated rings. The Hall–Kier alpha value is -1.16. The zero-order valence-electron chi connectivity index (χ0n) is 5.31. The van der Waals surface area contributed by atoms with Crippen LogP contribution in [0.25, 0.3) is 11.0 Å². The van der Waals surface area contributed by atoms with Gasteiger partial charge in [0.25, 0.3) is 0 Å². The molecular weight excluding hydrogens is 169 g/mol. The molecule has 3 nitrogen and oxygen atoms in total. The van der Waals surface area contributed by atoms with E-state index in [1.807, 2.05) is 0 Å². The summed E-state index contributed by atoms with van der Waals surface area (Å²) in [7, 11) is 0. The van der Waals surface area contributed by atoms with Crippen LogP contribution in [0.4, 0.5) is 4.39 Å². The second-order valence-electron chi connectivity index (χ2n) is 2.02. The minimum Gasteiger partial charge on any atom is -0.342 e. The number of nitrogens with zero attached hydrogens (tertiary/aromatic N) is 2. The Bertz CT molecular complexity index is 362. The molecule has 0 aliphatic heterocycles. The van der Waals surface area contributed by atoms with Crippen LogP contribution in [0.1, 0.15) is 0 Å². The Morgan fingerprint density at radius 1 is 1.45 bits per heavy atom. The van der Waals surface area contributed by atoms with Crippen molar-refractivity contribution in [1.29, 1.82) is 0 Å². The molecule has 0 saturated heterocycles. The lowest BCUT2D eigenvalue weighted by atomic mass is 10.4. The maximum atomic E-state index is 12.8. The maximum Gasteiger partial charge on any atom is 0.167 e. The van der Waals surface area contributed by atoms with Crippen LogP contribution in [-0.2, 0) is 0 Å². The molecular formula is C6H3ClFN3. The van der Waals surface area contributed by atoms with E-state index in [9.17, 15) is 4.39 Å². The lowest BCUT2D eigenvalue weighted by Crippen LogP contribution is -1.82. The van der Waals surface area contributed by atoms with E-state index in [-0.39, 0.29) is 5.15 Å². The van der Waals surface area contributed by atoms with Gasteiger partial charge in [0, 0.05) is 0 Å². The van der Waals surface area contributed by atoms with Gasteiger partial charge in [0.2, 0.25) is 0 Å². The molecule has 2 rings (SSSR count). The minimum atomic E-state index is -0.443. The Morgan fingerprint density at radius 2 is 2.27 bits per heavy atom. The van der Waals surface area contributed by atoms with E-state index in [2.05, 4.69) is 15.0 Å². The van der Waals surface area contributed by atoms with E-state index in [1.54, 1.807) is 0 Å². The molecule has 2 aromatic heterocycles. The molecule has 2 heterocycles. The third-order valence-corrected chi connectivity index (χ3v) is 1.64. The average Bonchev–Trinajstić information content (AvgIpc) is 2.45. The predicted octanol–water partition coefficient (Wildman–Crippen LogP) is 1.75. The molecule has 0 atom stereocenters. The van der Waals surface area contributed by atoms with Gasteiger partial charge in [-0.25, -0.2) is 14.4 Å². The molecule has 0 spiro atoms. The maximum absolute atomic E-state index is 12.8. The number of hydrogen-bond donors (Lipinski definition) is 1. The molecule has 0 saturated carbocycles. The van der Waals surface area contributed by atoms with Gasteiger partial charge in [-0.05, 0) is 0 Å². The highest BCUT2D eigenvalue weighted by atomic mass is 35.5. The van der Waals surface area contributed by atoms with E-state index in [4.69, 9.17) is 11.6 Å². The fourth-order valence-electron chi connectivity index (χ4n) is 0.872. The van der Waals surface area contributed by atoms with Crippen LogP contribution in [0.3, 0.4) is 0 Å². The Labute approximate surface area is 66.2 Å². The van der Waals surface area contributed by atoms with Crippen molar-refractivity contribution in [3.05, 3.63) is 23.5 Å². The van der Waals surface area contributed by atoms with Crippen molar-refractivity contribution in [2.75, 3.05) is 0 Å². The number of aromatic amines is 1. The minimum absolute atomic E-state index is 0.211. The van der Waals surface area contributed by atoms with Crippen molar-refractivity contribution in [2.45, 2.75) is 0 Å². The largest absolute Gasteiger partial charge is 0.342 e. The van der Waals surface area contributed by atoms with Gasteiger partial charge in [-0.1, -0.05) is 11.6 Å². The summed E-state index contributed by atoms with van der Waals surface area (Å²) in [5, 5.41) is 0.211. The smallest absolute Gasteiger partial charge is 0.167 e. The van der Waals surface area contributed by atoms with Gasteiger partial charge in [0.15, 0.2) is 11.0 Å². The number of hydrogen-bond acceptors (Lipinski definition) is 2. The zero-order valence-corrected chi connectivity index (χ0v) is 6.06. The fraction of sp³-hybridized carbons (Fsp3) is 0. The fourth-order valence-corrected chi connectivity index (χ4v) is 1.06. The Kier molecular flexibility index (Phi) is 1.29. The highest BCUT2D eigenvalue weighted by molar-refractivity contribution is 6.33. The van der Waals surface area contributed by atoms with Crippen molar-refractivity contribution < 1.29 is 4.39 Å². The third-order valence-electron chi connectivity index (χ3n) is 1.36. The number of aromatic nitrogens is 3. The van der Waals surface area contributed by atoms with Crippen LogP contribution >= 0.6 is 11.6 Å². The lowest BCUT2D eigenvalue weighted by Gasteiger charge is -1.91. The van der Waals surface area contributed by atoms with Gasteiger partial charge in [-0.15, -0.1) is 0 Å². The summed E-state index contributed by atoms with van der Waals surface area (Å²) in [6.45, 7) is 0. The van der Waals surface area contributed by atoms with Gasteiger partial charge in [-0.3, -0.25) is 0 Å². The Balaban J connectivity index is 2.96. The molecule has 0 bridgehead atoms. The number of H-pyrrole nitrogens is 1. The van der Waals surface area contributed by atoms with Crippen LogP contribution in [0.15, 0.2) is 12.5 Å². The molecule has 5 heteroatoms. The standard InChI is InChI=1S/C6H3ClFN3/c7-6-5-4(10-2-11-5)3(8)1-9-6/h1-2H,(H,10,11). The summed E-state index contributed by atoms with van der Waals surface area (Å²) in [5.41, 5.74) is 0.664. The third kappa shape index (κ3) is 0.867. The molecule has 0 unspecified atom stereocenters. The van der Waals surface area contributed by atoms with Gasteiger partial charge in [0.05, 0.1) is 12.5 Å². The molecule has 0 amide bonds. The molecule has 11 heavy (non-hydrogen) atoms. The summed E-state index contributed by atoms with van der Waals surface area (Å²) >= 11 is 5.61. The second kappa shape index (κ2) is 2.17. The number of nitrogens with one attached hydrogen (secondary N) is 1. The molecule has 1 N–H and O–H groups in total. The quantitative estimate of drug-likeness (QED) is 0.614. The number of pyridine rings is 1. The van der Waals surface area contributed by atoms with Crippen molar-refractivity contribution in [3.8, 4) is 0 Å². The number of fused-ring (bicyclic) bond motifs is 1. The van der Waals surface area contributed by atoms with Crippen molar-refractivity contribution in [1.82, 2.24) is 15.0 Å². The van der Waals surface area contributed by atoms with E-state index in [0.717, 1.165) is 6.20 Å². The van der Waals surface area contributed by atoms with Crippen LogP contribution in [-0.4, -0.2) is 15.0 Å². The molecule has 0 aromatic carbocycles. The van der Waals surface area contributed by atoms with E-state index < -0.39 is 5.82 Å². The first-order chi connectivity index (χ1) is 5.29. The van der Waals surface area contributed by atoms with Crippen LogP contribution in [0.2, 0.25) is 5.15 Å². The van der Waals surface area contributed by atoms with Crippen LogP contribution in [0.5, 0.6) is 0 Å². The average molecular weight is 172 g/mol. The second-order valence-corrected chi connectivity index (χ2v) is 2.38. The summed E-state index contributed by atoms with van der Waals surface area (Å²) < 4.78 is 12.8.